The highest BCUT2D eigenvalue weighted by Crippen LogP contribution is 2.31. The van der Waals surface area contributed by atoms with Crippen molar-refractivity contribution in [3.05, 3.63) is 27.7 Å². The number of likely N-dealkylation sites (tertiary alicyclic amines) is 1. The number of hydrogen-bond donors (Lipinski definition) is 2. The summed E-state index contributed by atoms with van der Waals surface area (Å²) in [5, 5.41) is 12.4. The van der Waals surface area contributed by atoms with Gasteiger partial charge in [0.05, 0.1) is 15.2 Å². The molecule has 2 unspecified atom stereocenters. The highest BCUT2D eigenvalue weighted by molar-refractivity contribution is 9.10. The zero-order valence-electron chi connectivity index (χ0n) is 10.8. The molecule has 2 amide bonds. The van der Waals surface area contributed by atoms with E-state index in [4.69, 9.17) is 11.6 Å². The molecule has 0 spiro atoms. The third-order valence-corrected chi connectivity index (χ3v) is 4.80. The van der Waals surface area contributed by atoms with Gasteiger partial charge in [-0.1, -0.05) is 24.6 Å². The van der Waals surface area contributed by atoms with Gasteiger partial charge in [0.25, 0.3) is 0 Å². The van der Waals surface area contributed by atoms with Crippen molar-refractivity contribution in [1.82, 2.24) is 4.90 Å². The van der Waals surface area contributed by atoms with Gasteiger partial charge in [-0.25, -0.2) is 9.59 Å². The molecule has 2 N–H and O–H groups in total. The van der Waals surface area contributed by atoms with E-state index in [-0.39, 0.29) is 5.92 Å². The molecule has 0 saturated carbocycles. The van der Waals surface area contributed by atoms with E-state index in [1.54, 1.807) is 18.2 Å². The molecule has 0 aliphatic carbocycles. The van der Waals surface area contributed by atoms with Crippen LogP contribution in [-0.4, -0.2) is 34.6 Å². The number of urea groups is 1. The number of anilines is 1. The van der Waals surface area contributed by atoms with E-state index >= 15 is 0 Å². The van der Waals surface area contributed by atoms with Crippen LogP contribution in [0.5, 0.6) is 0 Å². The van der Waals surface area contributed by atoms with Gasteiger partial charge in [-0.05, 0) is 40.4 Å². The smallest absolute Gasteiger partial charge is 0.326 e. The molecule has 0 aromatic heterocycles. The molecule has 7 heteroatoms. The topological polar surface area (TPSA) is 69.6 Å². The largest absolute Gasteiger partial charge is 0.480 e. The lowest BCUT2D eigenvalue weighted by Crippen LogP contribution is -2.44. The van der Waals surface area contributed by atoms with Gasteiger partial charge in [0.2, 0.25) is 0 Å². The Morgan fingerprint density at radius 3 is 2.85 bits per heavy atom. The van der Waals surface area contributed by atoms with Gasteiger partial charge in [-0.2, -0.15) is 0 Å². The Balaban J connectivity index is 2.16. The fourth-order valence-corrected chi connectivity index (χ4v) is 2.88. The fraction of sp³-hybridized carbons (Fsp3) is 0.385. The number of nitrogens with one attached hydrogen (secondary N) is 1. The third-order valence-electron chi connectivity index (χ3n) is 3.41. The molecule has 2 atom stereocenters. The van der Waals surface area contributed by atoms with Crippen molar-refractivity contribution in [3.63, 3.8) is 0 Å². The van der Waals surface area contributed by atoms with Gasteiger partial charge in [-0.3, -0.25) is 0 Å². The van der Waals surface area contributed by atoms with Gasteiger partial charge in [-0.15, -0.1) is 0 Å². The zero-order chi connectivity index (χ0) is 14.9. The lowest BCUT2D eigenvalue weighted by Gasteiger charge is -2.24. The van der Waals surface area contributed by atoms with Crippen LogP contribution >= 0.6 is 27.5 Å². The van der Waals surface area contributed by atoms with Gasteiger partial charge in [0, 0.05) is 6.54 Å². The first kappa shape index (κ1) is 15.1. The molecule has 0 radical (unpaired) electrons. The Morgan fingerprint density at radius 1 is 1.50 bits per heavy atom. The van der Waals surface area contributed by atoms with E-state index in [1.807, 2.05) is 6.92 Å². The number of benzene rings is 1. The second kappa shape index (κ2) is 6.01. The van der Waals surface area contributed by atoms with E-state index < -0.39 is 18.0 Å². The normalized spacial score (nSPS) is 21.9. The molecule has 1 fully saturated rings. The van der Waals surface area contributed by atoms with Crippen molar-refractivity contribution in [3.8, 4) is 0 Å². The second-order valence-electron chi connectivity index (χ2n) is 4.77. The van der Waals surface area contributed by atoms with Crippen molar-refractivity contribution < 1.29 is 14.7 Å². The maximum Gasteiger partial charge on any atom is 0.326 e. The van der Waals surface area contributed by atoms with E-state index in [0.717, 1.165) is 0 Å². The average molecular weight is 362 g/mol. The minimum absolute atomic E-state index is 0.0546. The summed E-state index contributed by atoms with van der Waals surface area (Å²) in [6.07, 6.45) is 0.682. The standard InChI is InChI=1S/C13H14BrClN2O3/c1-7-5-6-17(11(7)12(18)19)13(20)16-9-4-2-3-8(15)10(9)14/h2-4,7,11H,5-6H2,1H3,(H,16,20)(H,18,19). The van der Waals surface area contributed by atoms with Gasteiger partial charge in [0.1, 0.15) is 6.04 Å². The summed E-state index contributed by atoms with van der Waals surface area (Å²) in [6, 6.07) is 3.89. The van der Waals surface area contributed by atoms with E-state index in [9.17, 15) is 14.7 Å². The zero-order valence-corrected chi connectivity index (χ0v) is 13.1. The van der Waals surface area contributed by atoms with Crippen molar-refractivity contribution in [2.24, 2.45) is 5.92 Å². The summed E-state index contributed by atoms with van der Waals surface area (Å²) in [5.41, 5.74) is 0.520. The average Bonchev–Trinajstić information content (AvgIpc) is 2.77. The third kappa shape index (κ3) is 2.91. The Morgan fingerprint density at radius 2 is 2.20 bits per heavy atom. The number of rotatable bonds is 2. The Labute approximate surface area is 130 Å². The number of carboxylic acids is 1. The first-order valence-corrected chi connectivity index (χ1v) is 7.33. The number of aliphatic carboxylic acids is 1. The van der Waals surface area contributed by atoms with Crippen LogP contribution in [0.15, 0.2) is 22.7 Å². The summed E-state index contributed by atoms with van der Waals surface area (Å²) < 4.78 is 0.578. The van der Waals surface area contributed by atoms with E-state index in [1.165, 1.54) is 4.90 Å². The maximum absolute atomic E-state index is 12.2. The summed E-state index contributed by atoms with van der Waals surface area (Å²) in [6.45, 7) is 2.27. The molecule has 1 heterocycles. The lowest BCUT2D eigenvalue weighted by molar-refractivity contribution is -0.142. The molecule has 20 heavy (non-hydrogen) atoms. The van der Waals surface area contributed by atoms with Gasteiger partial charge < -0.3 is 15.3 Å². The van der Waals surface area contributed by atoms with Crippen molar-refractivity contribution in [1.29, 1.82) is 0 Å². The summed E-state index contributed by atoms with van der Waals surface area (Å²) in [5.74, 6) is -1.03. The van der Waals surface area contributed by atoms with Crippen molar-refractivity contribution in [2.45, 2.75) is 19.4 Å². The number of hydrogen-bond acceptors (Lipinski definition) is 2. The predicted octanol–water partition coefficient (Wildman–Crippen LogP) is 3.43. The first-order chi connectivity index (χ1) is 9.41. The van der Waals surface area contributed by atoms with E-state index in [2.05, 4.69) is 21.2 Å². The molecule has 1 saturated heterocycles. The molecule has 1 aromatic rings. The fourth-order valence-electron chi connectivity index (χ4n) is 2.34. The lowest BCUT2D eigenvalue weighted by atomic mass is 10.0. The van der Waals surface area contributed by atoms with Crippen LogP contribution in [0.1, 0.15) is 13.3 Å². The molecule has 1 aliphatic heterocycles. The number of carbonyl (C=O) groups excluding carboxylic acids is 1. The van der Waals surface area contributed by atoms with Crippen LogP contribution < -0.4 is 5.32 Å². The number of halogens is 2. The molecule has 1 aliphatic rings. The molecule has 1 aromatic carbocycles. The number of amides is 2. The quantitative estimate of drug-likeness (QED) is 0.848. The minimum atomic E-state index is -0.977. The first-order valence-electron chi connectivity index (χ1n) is 6.16. The highest BCUT2D eigenvalue weighted by Gasteiger charge is 2.39. The summed E-state index contributed by atoms with van der Waals surface area (Å²) in [4.78, 5) is 24.8. The molecule has 0 bridgehead atoms. The molecule has 5 nitrogen and oxygen atoms in total. The van der Waals surface area contributed by atoms with Crippen molar-refractivity contribution >= 4 is 45.2 Å². The van der Waals surface area contributed by atoms with Crippen LogP contribution in [-0.2, 0) is 4.79 Å². The monoisotopic (exact) mass is 360 g/mol. The number of nitrogens with zero attached hydrogens (tertiary/aromatic N) is 1. The Kier molecular flexibility index (Phi) is 4.55. The van der Waals surface area contributed by atoms with Crippen LogP contribution in [0.4, 0.5) is 10.5 Å². The Hall–Kier alpha value is -1.27. The van der Waals surface area contributed by atoms with E-state index in [0.29, 0.717) is 28.1 Å². The van der Waals surface area contributed by atoms with Gasteiger partial charge >= 0.3 is 12.0 Å². The number of carbonyl (C=O) groups is 2. The summed E-state index contributed by atoms with van der Waals surface area (Å²) >= 11 is 9.25. The SMILES string of the molecule is CC1CCN(C(=O)Nc2cccc(Cl)c2Br)C1C(=O)O. The minimum Gasteiger partial charge on any atom is -0.480 e. The Bertz CT molecular complexity index is 552. The van der Waals surface area contributed by atoms with Crippen LogP contribution in [0.2, 0.25) is 5.02 Å². The predicted molar refractivity (Wildman–Crippen MR) is 80.1 cm³/mol. The van der Waals surface area contributed by atoms with Crippen LogP contribution in [0.3, 0.4) is 0 Å². The van der Waals surface area contributed by atoms with Gasteiger partial charge in [0.15, 0.2) is 0 Å². The van der Waals surface area contributed by atoms with Crippen molar-refractivity contribution in [2.75, 3.05) is 11.9 Å². The van der Waals surface area contributed by atoms with Crippen LogP contribution in [0, 0.1) is 5.92 Å². The molecular formula is C13H14BrClN2O3. The molecule has 2 rings (SSSR count). The molecule has 108 valence electrons. The van der Waals surface area contributed by atoms with Crippen LogP contribution in [0.25, 0.3) is 0 Å². The highest BCUT2D eigenvalue weighted by atomic mass is 79.9. The second-order valence-corrected chi connectivity index (χ2v) is 5.97. The number of carboxylic acid groups (broad SMARTS) is 1. The maximum atomic E-state index is 12.2. The molecular weight excluding hydrogens is 348 g/mol. The summed E-state index contributed by atoms with van der Waals surface area (Å²) in [7, 11) is 0.